The largest absolute Gasteiger partial charge is 0.326 e. The van der Waals surface area contributed by atoms with Crippen molar-refractivity contribution in [3.8, 4) is 0 Å². The van der Waals surface area contributed by atoms with Crippen molar-refractivity contribution >= 4 is 38.4 Å². The van der Waals surface area contributed by atoms with E-state index in [2.05, 4.69) is 20.7 Å². The van der Waals surface area contributed by atoms with E-state index in [1.807, 2.05) is 0 Å². The Bertz CT molecular complexity index is 552. The van der Waals surface area contributed by atoms with Gasteiger partial charge >= 0.3 is 0 Å². The first-order valence-corrected chi connectivity index (χ1v) is 7.88. The maximum Gasteiger partial charge on any atom is 0.240 e. The summed E-state index contributed by atoms with van der Waals surface area (Å²) in [6, 6.07) is 3.42. The van der Waals surface area contributed by atoms with Crippen LogP contribution in [0.2, 0.25) is 0 Å². The summed E-state index contributed by atoms with van der Waals surface area (Å²) >= 11 is 2.96. The smallest absolute Gasteiger partial charge is 0.240 e. The molecule has 0 saturated heterocycles. The monoisotopic (exact) mass is 372 g/mol. The van der Waals surface area contributed by atoms with Crippen molar-refractivity contribution in [2.24, 2.45) is 11.7 Å². The lowest BCUT2D eigenvalue weighted by Gasteiger charge is -2.12. The lowest BCUT2D eigenvalue weighted by Crippen LogP contribution is -2.38. The third-order valence-electron chi connectivity index (χ3n) is 2.94. The van der Waals surface area contributed by atoms with Crippen LogP contribution in [0.1, 0.15) is 12.8 Å². The van der Waals surface area contributed by atoms with Crippen LogP contribution >= 0.6 is 28.3 Å². The highest BCUT2D eigenvalue weighted by Gasteiger charge is 2.29. The van der Waals surface area contributed by atoms with Crippen molar-refractivity contribution in [3.05, 3.63) is 28.5 Å². The van der Waals surface area contributed by atoms with E-state index in [1.54, 1.807) is 0 Å². The van der Waals surface area contributed by atoms with E-state index in [4.69, 9.17) is 5.73 Å². The molecule has 0 amide bonds. The quantitative estimate of drug-likeness (QED) is 0.829. The van der Waals surface area contributed by atoms with Crippen LogP contribution in [0, 0.1) is 11.7 Å². The average Bonchev–Trinajstić information content (AvgIpc) is 3.13. The second kappa shape index (κ2) is 6.49. The Morgan fingerprint density at radius 3 is 2.63 bits per heavy atom. The number of sulfonamides is 1. The van der Waals surface area contributed by atoms with Gasteiger partial charge in [-0.25, -0.2) is 17.5 Å². The summed E-state index contributed by atoms with van der Waals surface area (Å²) in [6.07, 6.45) is 2.12. The van der Waals surface area contributed by atoms with Crippen LogP contribution in [0.25, 0.3) is 0 Å². The average molecular weight is 374 g/mol. The molecule has 1 fully saturated rings. The van der Waals surface area contributed by atoms with Crippen molar-refractivity contribution in [2.75, 3.05) is 6.54 Å². The number of benzene rings is 1. The van der Waals surface area contributed by atoms with E-state index in [0.717, 1.165) is 18.9 Å². The van der Waals surface area contributed by atoms with Gasteiger partial charge in [-0.1, -0.05) is 0 Å². The van der Waals surface area contributed by atoms with Crippen molar-refractivity contribution in [2.45, 2.75) is 23.8 Å². The summed E-state index contributed by atoms with van der Waals surface area (Å²) in [5.41, 5.74) is 5.82. The van der Waals surface area contributed by atoms with Gasteiger partial charge < -0.3 is 5.73 Å². The number of nitrogens with two attached hydrogens (primary N) is 1. The minimum absolute atomic E-state index is 0. The van der Waals surface area contributed by atoms with Gasteiger partial charge in [-0.3, -0.25) is 0 Å². The number of halogens is 3. The van der Waals surface area contributed by atoms with Crippen LogP contribution in [-0.4, -0.2) is 21.0 Å². The molecule has 0 aromatic heterocycles. The molecule has 1 aromatic carbocycles. The molecule has 0 heterocycles. The molecule has 1 atom stereocenters. The van der Waals surface area contributed by atoms with Gasteiger partial charge in [0.1, 0.15) is 5.82 Å². The van der Waals surface area contributed by atoms with E-state index in [0.29, 0.717) is 5.92 Å². The Morgan fingerprint density at radius 1 is 1.47 bits per heavy atom. The standard InChI is InChI=1S/C11H14BrFN2O2S.ClH/c12-9-5-8(3-4-10(9)13)18(16,17)15-6-11(14)7-1-2-7;/h3-5,7,11,15H,1-2,6,14H2;1H. The summed E-state index contributed by atoms with van der Waals surface area (Å²) in [7, 11) is -3.63. The molecule has 0 spiro atoms. The summed E-state index contributed by atoms with van der Waals surface area (Å²) in [5.74, 6) is -0.0729. The van der Waals surface area contributed by atoms with Crippen molar-refractivity contribution < 1.29 is 12.8 Å². The van der Waals surface area contributed by atoms with E-state index >= 15 is 0 Å². The molecule has 0 bridgehead atoms. The Hall–Kier alpha value is -0.210. The lowest BCUT2D eigenvalue weighted by molar-refractivity contribution is 0.547. The predicted octanol–water partition coefficient (Wildman–Crippen LogP) is 2.03. The van der Waals surface area contributed by atoms with Crippen LogP contribution in [0.5, 0.6) is 0 Å². The first kappa shape index (κ1) is 16.8. The van der Waals surface area contributed by atoms with Crippen LogP contribution in [0.3, 0.4) is 0 Å². The SMILES string of the molecule is Cl.NC(CNS(=O)(=O)c1ccc(F)c(Br)c1)C1CC1. The molecule has 0 radical (unpaired) electrons. The van der Waals surface area contributed by atoms with Crippen LogP contribution < -0.4 is 10.5 Å². The summed E-state index contributed by atoms with van der Waals surface area (Å²) < 4.78 is 39.5. The Balaban J connectivity index is 0.00000180. The molecular formula is C11H15BrClFN2O2S. The van der Waals surface area contributed by atoms with Gasteiger partial charge in [-0.2, -0.15) is 0 Å². The molecule has 108 valence electrons. The Kier molecular flexibility index (Phi) is 5.76. The normalized spacial score (nSPS) is 16.8. The fourth-order valence-corrected chi connectivity index (χ4v) is 3.25. The fourth-order valence-electron chi connectivity index (χ4n) is 1.62. The second-order valence-electron chi connectivity index (χ2n) is 4.43. The van der Waals surface area contributed by atoms with Crippen molar-refractivity contribution in [1.82, 2.24) is 4.72 Å². The minimum atomic E-state index is -3.63. The van der Waals surface area contributed by atoms with Gasteiger partial charge in [0.05, 0.1) is 9.37 Å². The summed E-state index contributed by atoms with van der Waals surface area (Å²) in [4.78, 5) is 0.0266. The number of nitrogens with one attached hydrogen (secondary N) is 1. The molecule has 2 rings (SSSR count). The molecule has 1 aliphatic rings. The summed E-state index contributed by atoms with van der Waals surface area (Å²) in [6.45, 7) is 0.210. The van der Waals surface area contributed by atoms with Crippen molar-refractivity contribution in [3.63, 3.8) is 0 Å². The predicted molar refractivity (Wildman–Crippen MR) is 77.2 cm³/mol. The first-order valence-electron chi connectivity index (χ1n) is 5.60. The fraction of sp³-hybridized carbons (Fsp3) is 0.455. The highest BCUT2D eigenvalue weighted by atomic mass is 79.9. The number of hydrogen-bond acceptors (Lipinski definition) is 3. The van der Waals surface area contributed by atoms with Gasteiger partial charge in [0.15, 0.2) is 0 Å². The van der Waals surface area contributed by atoms with E-state index in [-0.39, 0.29) is 34.4 Å². The van der Waals surface area contributed by atoms with Gasteiger partial charge in [-0.05, 0) is 52.9 Å². The number of hydrogen-bond donors (Lipinski definition) is 2. The van der Waals surface area contributed by atoms with E-state index in [9.17, 15) is 12.8 Å². The second-order valence-corrected chi connectivity index (χ2v) is 7.05. The molecule has 1 aromatic rings. The lowest BCUT2D eigenvalue weighted by atomic mass is 10.2. The molecular weight excluding hydrogens is 359 g/mol. The number of rotatable bonds is 5. The molecule has 8 heteroatoms. The van der Waals surface area contributed by atoms with Crippen LogP contribution in [-0.2, 0) is 10.0 Å². The molecule has 3 N–H and O–H groups in total. The van der Waals surface area contributed by atoms with Gasteiger partial charge in [0, 0.05) is 12.6 Å². The molecule has 0 aliphatic heterocycles. The zero-order valence-corrected chi connectivity index (χ0v) is 13.2. The van der Waals surface area contributed by atoms with Gasteiger partial charge in [0.25, 0.3) is 0 Å². The maximum absolute atomic E-state index is 13.0. The first-order chi connectivity index (χ1) is 8.40. The molecule has 1 aliphatic carbocycles. The summed E-state index contributed by atoms with van der Waals surface area (Å²) in [5, 5.41) is 0. The van der Waals surface area contributed by atoms with Gasteiger partial charge in [-0.15, -0.1) is 12.4 Å². The van der Waals surface area contributed by atoms with E-state index < -0.39 is 15.8 Å². The van der Waals surface area contributed by atoms with Crippen LogP contribution in [0.4, 0.5) is 4.39 Å². The minimum Gasteiger partial charge on any atom is -0.326 e. The zero-order chi connectivity index (χ0) is 13.3. The topological polar surface area (TPSA) is 72.2 Å². The molecule has 1 unspecified atom stereocenters. The van der Waals surface area contributed by atoms with Crippen molar-refractivity contribution in [1.29, 1.82) is 0 Å². The van der Waals surface area contributed by atoms with E-state index in [1.165, 1.54) is 12.1 Å². The Labute approximate surface area is 126 Å². The highest BCUT2D eigenvalue weighted by Crippen LogP contribution is 2.31. The highest BCUT2D eigenvalue weighted by molar-refractivity contribution is 9.10. The Morgan fingerprint density at radius 2 is 2.11 bits per heavy atom. The molecule has 19 heavy (non-hydrogen) atoms. The third kappa shape index (κ3) is 4.39. The molecule has 4 nitrogen and oxygen atoms in total. The molecule has 1 saturated carbocycles. The van der Waals surface area contributed by atoms with Crippen LogP contribution in [0.15, 0.2) is 27.6 Å². The third-order valence-corrected chi connectivity index (χ3v) is 4.97. The zero-order valence-electron chi connectivity index (χ0n) is 9.97. The maximum atomic E-state index is 13.0. The van der Waals surface area contributed by atoms with Gasteiger partial charge in [0.2, 0.25) is 10.0 Å².